The second kappa shape index (κ2) is 3.77. The fourth-order valence-corrected chi connectivity index (χ4v) is 2.55. The van der Waals surface area contributed by atoms with Crippen LogP contribution in [0.25, 0.3) is 0 Å². The third-order valence-electron chi connectivity index (χ3n) is 3.36. The molecule has 1 atom stereocenters. The van der Waals surface area contributed by atoms with Gasteiger partial charge >= 0.3 is 0 Å². The Kier molecular flexibility index (Phi) is 2.70. The number of para-hydroxylation sites is 1. The van der Waals surface area contributed by atoms with Gasteiger partial charge in [0.1, 0.15) is 0 Å². The molecule has 2 nitrogen and oxygen atoms in total. The topological polar surface area (TPSA) is 23.5 Å². The van der Waals surface area contributed by atoms with Gasteiger partial charge in [-0.2, -0.15) is 0 Å². The highest BCUT2D eigenvalue weighted by molar-refractivity contribution is 5.64. The van der Waals surface area contributed by atoms with Crippen LogP contribution in [0.15, 0.2) is 18.2 Å². The summed E-state index contributed by atoms with van der Waals surface area (Å²) in [6, 6.07) is 7.00. The Morgan fingerprint density at radius 2 is 2.12 bits per heavy atom. The highest BCUT2D eigenvalue weighted by Gasteiger charge is 2.27. The van der Waals surface area contributed by atoms with Crippen molar-refractivity contribution in [3.8, 4) is 0 Å². The zero-order chi connectivity index (χ0) is 11.9. The van der Waals surface area contributed by atoms with Crippen LogP contribution in [0.5, 0.6) is 0 Å². The summed E-state index contributed by atoms with van der Waals surface area (Å²) in [5, 5.41) is 9.94. The molecule has 0 spiro atoms. The number of aliphatic hydroxyl groups is 1. The first kappa shape index (κ1) is 11.5. The van der Waals surface area contributed by atoms with Crippen LogP contribution in [-0.2, 0) is 12.8 Å². The van der Waals surface area contributed by atoms with Crippen LogP contribution in [0.1, 0.15) is 31.9 Å². The molecule has 2 rings (SSSR count). The Morgan fingerprint density at radius 1 is 1.44 bits per heavy atom. The van der Waals surface area contributed by atoms with Gasteiger partial charge in [-0.1, -0.05) is 18.2 Å². The number of nitrogens with zero attached hydrogens (tertiary/aromatic N) is 1. The van der Waals surface area contributed by atoms with E-state index < -0.39 is 5.60 Å². The normalized spacial score (nSPS) is 20.1. The predicted molar refractivity (Wildman–Crippen MR) is 68.0 cm³/mol. The van der Waals surface area contributed by atoms with Crippen molar-refractivity contribution in [1.82, 2.24) is 0 Å². The number of hydrogen-bond donors (Lipinski definition) is 1. The fraction of sp³-hybridized carbons (Fsp3) is 0.571. The van der Waals surface area contributed by atoms with Crippen LogP contribution in [0.2, 0.25) is 0 Å². The fourth-order valence-electron chi connectivity index (χ4n) is 2.55. The number of fused-ring (bicyclic) bond motifs is 1. The minimum absolute atomic E-state index is 0.568. The van der Waals surface area contributed by atoms with Crippen molar-refractivity contribution < 1.29 is 5.11 Å². The summed E-state index contributed by atoms with van der Waals surface area (Å²) in [7, 11) is 2.14. The number of likely N-dealkylation sites (N-methyl/N-ethyl adjacent to an activating group) is 1. The van der Waals surface area contributed by atoms with E-state index in [-0.39, 0.29) is 0 Å². The van der Waals surface area contributed by atoms with Crippen LogP contribution in [0.3, 0.4) is 0 Å². The van der Waals surface area contributed by atoms with Gasteiger partial charge in [0, 0.05) is 25.2 Å². The second-order valence-corrected chi connectivity index (χ2v) is 5.58. The third kappa shape index (κ3) is 2.07. The molecular formula is C14H21NO. The lowest BCUT2D eigenvalue weighted by molar-refractivity contribution is 0.0811. The largest absolute Gasteiger partial charge is 0.390 e. The minimum atomic E-state index is -0.637. The van der Waals surface area contributed by atoms with E-state index >= 15 is 0 Å². The molecular weight excluding hydrogens is 198 g/mol. The molecule has 0 aliphatic carbocycles. The van der Waals surface area contributed by atoms with Crippen LogP contribution in [0, 0.1) is 0 Å². The van der Waals surface area contributed by atoms with E-state index in [4.69, 9.17) is 0 Å². The zero-order valence-electron chi connectivity index (χ0n) is 10.6. The molecule has 0 aromatic heterocycles. The van der Waals surface area contributed by atoms with E-state index in [9.17, 15) is 5.11 Å². The van der Waals surface area contributed by atoms with Crippen molar-refractivity contribution in [2.24, 2.45) is 0 Å². The Labute approximate surface area is 97.9 Å². The van der Waals surface area contributed by atoms with E-state index in [1.165, 1.54) is 16.8 Å². The van der Waals surface area contributed by atoms with Gasteiger partial charge in [-0.05, 0) is 38.3 Å². The van der Waals surface area contributed by atoms with Gasteiger partial charge in [0.2, 0.25) is 0 Å². The Hall–Kier alpha value is -1.02. The van der Waals surface area contributed by atoms with E-state index in [1.807, 2.05) is 13.8 Å². The molecule has 0 fully saturated rings. The lowest BCUT2D eigenvalue weighted by atomic mass is 9.95. The number of rotatable bonds is 2. The maximum Gasteiger partial charge on any atom is 0.0632 e. The molecule has 2 heteroatoms. The molecule has 1 heterocycles. The molecule has 88 valence electrons. The molecule has 0 amide bonds. The SMILES string of the molecule is CC1Cc2cccc(CC(C)(C)O)c2N1C. The molecule has 1 aromatic carbocycles. The third-order valence-corrected chi connectivity index (χ3v) is 3.36. The molecule has 0 radical (unpaired) electrons. The molecule has 0 saturated carbocycles. The van der Waals surface area contributed by atoms with Crippen LogP contribution < -0.4 is 4.90 Å². The first-order chi connectivity index (χ1) is 7.38. The second-order valence-electron chi connectivity index (χ2n) is 5.58. The average Bonchev–Trinajstić information content (AvgIpc) is 2.41. The van der Waals surface area contributed by atoms with Crippen molar-refractivity contribution in [1.29, 1.82) is 0 Å². The molecule has 1 aliphatic heterocycles. The van der Waals surface area contributed by atoms with Gasteiger partial charge in [-0.15, -0.1) is 0 Å². The van der Waals surface area contributed by atoms with Crippen LogP contribution in [0.4, 0.5) is 5.69 Å². The van der Waals surface area contributed by atoms with Gasteiger partial charge < -0.3 is 10.0 Å². The summed E-state index contributed by atoms with van der Waals surface area (Å²) >= 11 is 0. The minimum Gasteiger partial charge on any atom is -0.390 e. The lowest BCUT2D eigenvalue weighted by Gasteiger charge is -2.24. The Morgan fingerprint density at radius 3 is 2.75 bits per heavy atom. The van der Waals surface area contributed by atoms with E-state index in [2.05, 4.69) is 37.1 Å². The quantitative estimate of drug-likeness (QED) is 0.825. The van der Waals surface area contributed by atoms with Gasteiger partial charge in [0.25, 0.3) is 0 Å². The Bertz CT molecular complexity index is 392. The number of anilines is 1. The first-order valence-electron chi connectivity index (χ1n) is 5.94. The van der Waals surface area contributed by atoms with E-state index in [0.29, 0.717) is 12.5 Å². The molecule has 1 aliphatic rings. The van der Waals surface area contributed by atoms with Gasteiger partial charge in [0.15, 0.2) is 0 Å². The number of benzene rings is 1. The van der Waals surface area contributed by atoms with Crippen LogP contribution in [-0.4, -0.2) is 23.8 Å². The smallest absolute Gasteiger partial charge is 0.0632 e. The predicted octanol–water partition coefficient (Wildman–Crippen LogP) is 2.38. The maximum absolute atomic E-state index is 9.94. The zero-order valence-corrected chi connectivity index (χ0v) is 10.6. The van der Waals surface area contributed by atoms with Crippen LogP contribution >= 0.6 is 0 Å². The molecule has 1 aromatic rings. The summed E-state index contributed by atoms with van der Waals surface area (Å²) in [5.41, 5.74) is 3.37. The monoisotopic (exact) mass is 219 g/mol. The summed E-state index contributed by atoms with van der Waals surface area (Å²) in [6.07, 6.45) is 1.83. The summed E-state index contributed by atoms with van der Waals surface area (Å²) < 4.78 is 0. The summed E-state index contributed by atoms with van der Waals surface area (Å²) in [4.78, 5) is 2.33. The van der Waals surface area contributed by atoms with Crippen molar-refractivity contribution in [2.45, 2.75) is 45.3 Å². The molecule has 16 heavy (non-hydrogen) atoms. The Balaban J connectivity index is 2.39. The van der Waals surface area contributed by atoms with Crippen molar-refractivity contribution >= 4 is 5.69 Å². The maximum atomic E-state index is 9.94. The summed E-state index contributed by atoms with van der Waals surface area (Å²) in [5.74, 6) is 0. The number of hydrogen-bond acceptors (Lipinski definition) is 2. The molecule has 1 unspecified atom stereocenters. The van der Waals surface area contributed by atoms with E-state index in [1.54, 1.807) is 0 Å². The molecule has 0 saturated heterocycles. The molecule has 0 bridgehead atoms. The van der Waals surface area contributed by atoms with Crippen molar-refractivity contribution in [3.05, 3.63) is 29.3 Å². The average molecular weight is 219 g/mol. The van der Waals surface area contributed by atoms with Gasteiger partial charge in [0.05, 0.1) is 5.60 Å². The highest BCUT2D eigenvalue weighted by atomic mass is 16.3. The molecule has 1 N–H and O–H groups in total. The highest BCUT2D eigenvalue weighted by Crippen LogP contribution is 2.35. The first-order valence-corrected chi connectivity index (χ1v) is 5.94. The van der Waals surface area contributed by atoms with Gasteiger partial charge in [-0.3, -0.25) is 0 Å². The standard InChI is InChI=1S/C14H21NO/c1-10-8-11-6-5-7-12(9-14(2,3)16)13(11)15(10)4/h5-7,10,16H,8-9H2,1-4H3. The lowest BCUT2D eigenvalue weighted by Crippen LogP contribution is -2.27. The van der Waals surface area contributed by atoms with E-state index in [0.717, 1.165) is 6.42 Å². The summed E-state index contributed by atoms with van der Waals surface area (Å²) in [6.45, 7) is 5.98. The van der Waals surface area contributed by atoms with Crippen molar-refractivity contribution in [2.75, 3.05) is 11.9 Å². The van der Waals surface area contributed by atoms with Gasteiger partial charge in [-0.25, -0.2) is 0 Å². The van der Waals surface area contributed by atoms with Crippen molar-refractivity contribution in [3.63, 3.8) is 0 Å².